The molecule has 6 nitrogen and oxygen atoms in total. The fourth-order valence-corrected chi connectivity index (χ4v) is 9.14. The third kappa shape index (κ3) is 5.20. The van der Waals surface area contributed by atoms with Crippen LogP contribution in [0.5, 0.6) is 0 Å². The number of amides is 1. The van der Waals surface area contributed by atoms with E-state index >= 15 is 0 Å². The third-order valence-corrected chi connectivity index (χ3v) is 11.6. The van der Waals surface area contributed by atoms with Crippen LogP contribution in [-0.2, 0) is 9.53 Å². The summed E-state index contributed by atoms with van der Waals surface area (Å²) in [6.07, 6.45) is 3.35. The van der Waals surface area contributed by atoms with Crippen LogP contribution in [0.25, 0.3) is 0 Å². The Hall–Kier alpha value is -3.86. The van der Waals surface area contributed by atoms with Crippen molar-refractivity contribution in [3.8, 4) is 0 Å². The monoisotopic (exact) mass is 500 g/mol. The molecule has 36 heavy (non-hydrogen) atoms. The second-order valence-corrected chi connectivity index (χ2v) is 13.0. The molecule has 1 heterocycles. The van der Waals surface area contributed by atoms with Crippen LogP contribution in [-0.4, -0.2) is 41.1 Å². The predicted molar refractivity (Wildman–Crippen MR) is 144 cm³/mol. The van der Waals surface area contributed by atoms with Crippen LogP contribution >= 0.6 is 6.83 Å². The SMILES string of the molecule is O=C(CCP(O)(c1ccccc1)(c1ccccc1)c1ccccc1)NCCOC(=O)c1cccnc1. The molecule has 4 rings (SSSR count). The van der Waals surface area contributed by atoms with Gasteiger partial charge in [0.15, 0.2) is 0 Å². The molecule has 0 spiro atoms. The molecule has 0 saturated heterocycles. The van der Waals surface area contributed by atoms with Crippen molar-refractivity contribution in [2.45, 2.75) is 6.42 Å². The third-order valence-electron chi connectivity index (χ3n) is 6.27. The number of rotatable bonds is 10. The van der Waals surface area contributed by atoms with E-state index in [1.165, 1.54) is 6.20 Å². The van der Waals surface area contributed by atoms with Crippen molar-refractivity contribution in [2.24, 2.45) is 0 Å². The number of nitrogens with one attached hydrogen (secondary N) is 1. The van der Waals surface area contributed by atoms with Gasteiger partial charge in [0.2, 0.25) is 0 Å². The molecule has 1 aromatic heterocycles. The van der Waals surface area contributed by atoms with Crippen molar-refractivity contribution >= 4 is 34.6 Å². The molecule has 0 fully saturated rings. The van der Waals surface area contributed by atoms with Crippen molar-refractivity contribution in [3.63, 3.8) is 0 Å². The first-order valence-corrected chi connectivity index (χ1v) is 14.2. The van der Waals surface area contributed by atoms with Crippen LogP contribution in [0.3, 0.4) is 0 Å². The van der Waals surface area contributed by atoms with E-state index in [0.29, 0.717) is 5.56 Å². The number of hydrogen-bond donors (Lipinski definition) is 2. The Morgan fingerprint density at radius 2 is 1.31 bits per heavy atom. The Morgan fingerprint density at radius 3 is 1.78 bits per heavy atom. The Morgan fingerprint density at radius 1 is 0.778 bits per heavy atom. The molecule has 0 aliphatic rings. The number of pyridine rings is 1. The van der Waals surface area contributed by atoms with Crippen LogP contribution in [0.1, 0.15) is 16.8 Å². The molecule has 184 valence electrons. The average Bonchev–Trinajstić information content (AvgIpc) is 2.96. The van der Waals surface area contributed by atoms with Crippen molar-refractivity contribution in [2.75, 3.05) is 19.3 Å². The summed E-state index contributed by atoms with van der Waals surface area (Å²) in [6.45, 7) is -3.75. The van der Waals surface area contributed by atoms with Gasteiger partial charge in [-0.15, -0.1) is 0 Å². The normalized spacial score (nSPS) is 12.2. The van der Waals surface area contributed by atoms with Gasteiger partial charge < -0.3 is 0 Å². The van der Waals surface area contributed by atoms with Gasteiger partial charge in [0, 0.05) is 0 Å². The number of carbonyl (C=O) groups is 2. The first-order chi connectivity index (χ1) is 17.5. The Kier molecular flexibility index (Phi) is 7.89. The number of hydrogen-bond acceptors (Lipinski definition) is 5. The number of aromatic nitrogens is 1. The molecule has 0 atom stereocenters. The van der Waals surface area contributed by atoms with Crippen molar-refractivity contribution in [1.29, 1.82) is 0 Å². The molecule has 0 saturated carbocycles. The zero-order valence-electron chi connectivity index (χ0n) is 19.9. The molecule has 0 unspecified atom stereocenters. The summed E-state index contributed by atoms with van der Waals surface area (Å²) in [5, 5.41) is 5.23. The molecular weight excluding hydrogens is 471 g/mol. The number of ether oxygens (including phenoxy) is 1. The Balaban J connectivity index is 1.53. The molecule has 0 aliphatic heterocycles. The summed E-state index contributed by atoms with van der Waals surface area (Å²) in [5.74, 6) is -0.715. The van der Waals surface area contributed by atoms with Gasteiger partial charge in [-0.05, 0) is 0 Å². The average molecular weight is 501 g/mol. The van der Waals surface area contributed by atoms with Crippen molar-refractivity contribution in [1.82, 2.24) is 10.3 Å². The predicted octanol–water partition coefficient (Wildman–Crippen LogP) is 3.18. The summed E-state index contributed by atoms with van der Waals surface area (Å²) < 4.78 is 5.22. The van der Waals surface area contributed by atoms with Crippen LogP contribution in [0.15, 0.2) is 116 Å². The van der Waals surface area contributed by atoms with Crippen molar-refractivity contribution in [3.05, 3.63) is 121 Å². The van der Waals surface area contributed by atoms with Gasteiger partial charge in [-0.3, -0.25) is 0 Å². The standard InChI is InChI=1S/C29H29N2O4P/c32-28(31-20-21-35-29(33)24-11-10-19-30-23-24)18-22-36(34,25-12-4-1-5-13-25,26-14-6-2-7-15-26)27-16-8-3-9-17-27/h1-17,19,23,34H,18,20-22H2,(H,31,32). The Labute approximate surface area is 211 Å². The molecule has 0 bridgehead atoms. The summed E-state index contributed by atoms with van der Waals surface area (Å²) in [5.41, 5.74) is 0.357. The summed E-state index contributed by atoms with van der Waals surface area (Å²) in [6, 6.07) is 32.1. The molecular formula is C29H29N2O4P. The van der Waals surface area contributed by atoms with E-state index in [-0.39, 0.29) is 31.6 Å². The zero-order chi connectivity index (χ0) is 25.3. The van der Waals surface area contributed by atoms with Gasteiger partial charge in [0.05, 0.1) is 0 Å². The molecule has 3 aromatic carbocycles. The molecule has 1 amide bonds. The summed E-state index contributed by atoms with van der Waals surface area (Å²) in [7, 11) is 0. The first kappa shape index (κ1) is 25.2. The molecule has 0 radical (unpaired) electrons. The van der Waals surface area contributed by atoms with Gasteiger partial charge in [-0.25, -0.2) is 0 Å². The van der Waals surface area contributed by atoms with E-state index < -0.39 is 12.8 Å². The van der Waals surface area contributed by atoms with Crippen molar-refractivity contribution < 1.29 is 19.2 Å². The molecule has 0 aliphatic carbocycles. The Bertz CT molecular complexity index is 1190. The fraction of sp³-hybridized carbons (Fsp3) is 0.138. The quantitative estimate of drug-likeness (QED) is 0.198. The van der Waals surface area contributed by atoms with E-state index in [1.807, 2.05) is 91.0 Å². The van der Waals surface area contributed by atoms with Gasteiger partial charge >= 0.3 is 211 Å². The molecule has 4 aromatic rings. The van der Waals surface area contributed by atoms with Crippen LogP contribution in [0.4, 0.5) is 0 Å². The van der Waals surface area contributed by atoms with Gasteiger partial charge in [0.1, 0.15) is 0 Å². The van der Waals surface area contributed by atoms with E-state index in [9.17, 15) is 14.5 Å². The minimum atomic E-state index is -3.97. The molecule has 2 N–H and O–H groups in total. The van der Waals surface area contributed by atoms with Gasteiger partial charge in [0.25, 0.3) is 0 Å². The summed E-state index contributed by atoms with van der Waals surface area (Å²) in [4.78, 5) is 41.8. The number of esters is 1. The number of benzene rings is 3. The van der Waals surface area contributed by atoms with E-state index in [2.05, 4.69) is 10.3 Å². The van der Waals surface area contributed by atoms with E-state index in [0.717, 1.165) is 15.9 Å². The van der Waals surface area contributed by atoms with Gasteiger partial charge in [-0.2, -0.15) is 0 Å². The second-order valence-electron chi connectivity index (χ2n) is 8.46. The van der Waals surface area contributed by atoms with E-state index in [4.69, 9.17) is 4.74 Å². The number of carbonyl (C=O) groups excluding carboxylic acids is 2. The van der Waals surface area contributed by atoms with Crippen LogP contribution in [0.2, 0.25) is 0 Å². The zero-order valence-corrected chi connectivity index (χ0v) is 20.8. The summed E-state index contributed by atoms with van der Waals surface area (Å²) >= 11 is 0. The minimum absolute atomic E-state index is 0.0399. The van der Waals surface area contributed by atoms with E-state index in [1.54, 1.807) is 18.3 Å². The fourth-order valence-electron chi connectivity index (χ4n) is 4.39. The maximum absolute atomic E-state index is 13.0. The molecule has 7 heteroatoms. The number of nitrogens with zero attached hydrogens (tertiary/aromatic N) is 1. The maximum atomic E-state index is 13.0. The second kappa shape index (κ2) is 11.3. The van der Waals surface area contributed by atoms with Crippen LogP contribution in [0, 0.1) is 0 Å². The first-order valence-electron chi connectivity index (χ1n) is 11.8. The van der Waals surface area contributed by atoms with Crippen LogP contribution < -0.4 is 21.2 Å². The topological polar surface area (TPSA) is 88.5 Å². The van der Waals surface area contributed by atoms with Gasteiger partial charge in [-0.1, -0.05) is 0 Å².